The molecule has 2 N–H and O–H groups in total. The molecule has 1 aromatic carbocycles. The maximum Gasteiger partial charge on any atom is 0.115 e. The topological polar surface area (TPSA) is 26.0 Å². The van der Waals surface area contributed by atoms with E-state index in [0.717, 1.165) is 31.2 Å². The van der Waals surface area contributed by atoms with Crippen LogP contribution in [0.4, 0.5) is 4.39 Å². The number of rotatable bonds is 2. The Morgan fingerprint density at radius 1 is 1.25 bits per heavy atom. The van der Waals surface area contributed by atoms with Gasteiger partial charge in [-0.2, -0.15) is 0 Å². The van der Waals surface area contributed by atoms with Crippen molar-refractivity contribution in [3.05, 3.63) is 34.3 Å². The van der Waals surface area contributed by atoms with Crippen LogP contribution < -0.4 is 5.73 Å². The molecule has 0 saturated heterocycles. The SMILES string of the molecule is NC1(c2ccc(CF)cc2Cl)CCCCC1. The van der Waals surface area contributed by atoms with Gasteiger partial charge in [-0.05, 0) is 30.0 Å². The van der Waals surface area contributed by atoms with Gasteiger partial charge < -0.3 is 5.73 Å². The third-order valence-corrected chi connectivity index (χ3v) is 3.78. The first-order valence-electron chi connectivity index (χ1n) is 5.79. The fourth-order valence-corrected chi connectivity index (χ4v) is 2.89. The van der Waals surface area contributed by atoms with Crippen LogP contribution in [0, 0.1) is 0 Å². The lowest BCUT2D eigenvalue weighted by Gasteiger charge is -2.34. The van der Waals surface area contributed by atoms with Crippen LogP contribution in [0.15, 0.2) is 18.2 Å². The third kappa shape index (κ3) is 2.23. The Morgan fingerprint density at radius 2 is 1.94 bits per heavy atom. The van der Waals surface area contributed by atoms with Gasteiger partial charge in [0.05, 0.1) is 0 Å². The Morgan fingerprint density at radius 3 is 2.50 bits per heavy atom. The van der Waals surface area contributed by atoms with Crippen molar-refractivity contribution in [2.75, 3.05) is 0 Å². The fraction of sp³-hybridized carbons (Fsp3) is 0.538. The lowest BCUT2D eigenvalue weighted by molar-refractivity contribution is 0.302. The number of benzene rings is 1. The summed E-state index contributed by atoms with van der Waals surface area (Å²) in [6.07, 6.45) is 5.50. The number of nitrogens with two attached hydrogens (primary N) is 1. The molecular weight excluding hydrogens is 225 g/mol. The van der Waals surface area contributed by atoms with Gasteiger partial charge in [0.15, 0.2) is 0 Å². The second-order valence-corrected chi connectivity index (χ2v) is 5.07. The van der Waals surface area contributed by atoms with Crippen LogP contribution in [-0.2, 0) is 12.2 Å². The number of hydrogen-bond donors (Lipinski definition) is 1. The second kappa shape index (κ2) is 4.72. The summed E-state index contributed by atoms with van der Waals surface area (Å²) in [5, 5.41) is 0.611. The summed E-state index contributed by atoms with van der Waals surface area (Å²) in [5.74, 6) is 0. The molecule has 0 unspecified atom stereocenters. The third-order valence-electron chi connectivity index (χ3n) is 3.47. The maximum absolute atomic E-state index is 12.5. The van der Waals surface area contributed by atoms with E-state index in [1.54, 1.807) is 12.1 Å². The van der Waals surface area contributed by atoms with Gasteiger partial charge in [0.1, 0.15) is 6.67 Å². The monoisotopic (exact) mass is 241 g/mol. The molecule has 0 heterocycles. The van der Waals surface area contributed by atoms with Crippen molar-refractivity contribution in [1.29, 1.82) is 0 Å². The molecule has 2 rings (SSSR count). The quantitative estimate of drug-likeness (QED) is 0.834. The van der Waals surface area contributed by atoms with E-state index in [0.29, 0.717) is 10.6 Å². The van der Waals surface area contributed by atoms with E-state index in [-0.39, 0.29) is 5.54 Å². The smallest absolute Gasteiger partial charge is 0.115 e. The molecule has 0 radical (unpaired) electrons. The molecule has 0 aromatic heterocycles. The lowest BCUT2D eigenvalue weighted by atomic mass is 9.77. The molecule has 16 heavy (non-hydrogen) atoms. The molecule has 0 bridgehead atoms. The highest BCUT2D eigenvalue weighted by atomic mass is 35.5. The molecule has 0 aliphatic heterocycles. The van der Waals surface area contributed by atoms with Gasteiger partial charge in [0.25, 0.3) is 0 Å². The molecular formula is C13H17ClFN. The predicted octanol–water partition coefficient (Wildman–Crippen LogP) is 3.93. The standard InChI is InChI=1S/C13H17ClFN/c14-12-8-10(9-15)4-5-11(12)13(16)6-2-1-3-7-13/h4-5,8H,1-3,6-7,9,16H2. The van der Waals surface area contributed by atoms with E-state index in [1.807, 2.05) is 6.07 Å². The summed E-state index contributed by atoms with van der Waals surface area (Å²) < 4.78 is 12.5. The summed E-state index contributed by atoms with van der Waals surface area (Å²) >= 11 is 6.18. The molecule has 1 aliphatic rings. The predicted molar refractivity (Wildman–Crippen MR) is 65.2 cm³/mol. The Balaban J connectivity index is 2.32. The molecule has 1 aliphatic carbocycles. The van der Waals surface area contributed by atoms with Crippen molar-refractivity contribution >= 4 is 11.6 Å². The highest BCUT2D eigenvalue weighted by Crippen LogP contribution is 2.38. The van der Waals surface area contributed by atoms with Crippen LogP contribution in [0.25, 0.3) is 0 Å². The lowest BCUT2D eigenvalue weighted by Crippen LogP contribution is -2.38. The first kappa shape index (κ1) is 11.9. The van der Waals surface area contributed by atoms with E-state index < -0.39 is 6.67 Å². The van der Waals surface area contributed by atoms with Crippen LogP contribution in [0.3, 0.4) is 0 Å². The van der Waals surface area contributed by atoms with Crippen LogP contribution in [0.1, 0.15) is 43.2 Å². The first-order chi connectivity index (χ1) is 7.65. The summed E-state index contributed by atoms with van der Waals surface area (Å²) in [5.41, 5.74) is 7.69. The van der Waals surface area contributed by atoms with Gasteiger partial charge in [0, 0.05) is 10.6 Å². The molecule has 0 amide bonds. The zero-order valence-electron chi connectivity index (χ0n) is 9.31. The fourth-order valence-electron chi connectivity index (χ4n) is 2.50. The van der Waals surface area contributed by atoms with Crippen molar-refractivity contribution in [2.24, 2.45) is 5.73 Å². The minimum atomic E-state index is -0.475. The van der Waals surface area contributed by atoms with Crippen LogP contribution >= 0.6 is 11.6 Å². The van der Waals surface area contributed by atoms with E-state index in [1.165, 1.54) is 6.42 Å². The number of halogens is 2. The molecule has 88 valence electrons. The van der Waals surface area contributed by atoms with Crippen molar-refractivity contribution in [3.63, 3.8) is 0 Å². The Hall–Kier alpha value is -0.600. The largest absolute Gasteiger partial charge is 0.321 e. The number of alkyl halides is 1. The summed E-state index contributed by atoms with van der Waals surface area (Å²) in [6, 6.07) is 5.37. The average Bonchev–Trinajstić information content (AvgIpc) is 2.29. The molecule has 1 nitrogen and oxygen atoms in total. The summed E-state index contributed by atoms with van der Waals surface area (Å²) in [7, 11) is 0. The second-order valence-electron chi connectivity index (χ2n) is 4.66. The average molecular weight is 242 g/mol. The van der Waals surface area contributed by atoms with Crippen LogP contribution in [-0.4, -0.2) is 0 Å². The first-order valence-corrected chi connectivity index (χ1v) is 6.17. The van der Waals surface area contributed by atoms with E-state index in [4.69, 9.17) is 17.3 Å². The maximum atomic E-state index is 12.5. The zero-order chi connectivity index (χ0) is 11.6. The van der Waals surface area contributed by atoms with Gasteiger partial charge in [0.2, 0.25) is 0 Å². The van der Waals surface area contributed by atoms with Crippen LogP contribution in [0.2, 0.25) is 5.02 Å². The van der Waals surface area contributed by atoms with Crippen molar-refractivity contribution in [1.82, 2.24) is 0 Å². The van der Waals surface area contributed by atoms with Crippen molar-refractivity contribution < 1.29 is 4.39 Å². The van der Waals surface area contributed by atoms with E-state index >= 15 is 0 Å². The van der Waals surface area contributed by atoms with Gasteiger partial charge in [-0.15, -0.1) is 0 Å². The van der Waals surface area contributed by atoms with Crippen molar-refractivity contribution in [3.8, 4) is 0 Å². The molecule has 1 saturated carbocycles. The highest BCUT2D eigenvalue weighted by Gasteiger charge is 2.31. The molecule has 0 spiro atoms. The Kier molecular flexibility index (Phi) is 3.50. The minimum Gasteiger partial charge on any atom is -0.321 e. The van der Waals surface area contributed by atoms with E-state index in [9.17, 15) is 4.39 Å². The highest BCUT2D eigenvalue weighted by molar-refractivity contribution is 6.31. The van der Waals surface area contributed by atoms with Gasteiger partial charge >= 0.3 is 0 Å². The van der Waals surface area contributed by atoms with Crippen molar-refractivity contribution in [2.45, 2.75) is 44.3 Å². The number of hydrogen-bond acceptors (Lipinski definition) is 1. The molecule has 1 fully saturated rings. The zero-order valence-corrected chi connectivity index (χ0v) is 10.1. The summed E-state index contributed by atoms with van der Waals surface area (Å²) in [6.45, 7) is -0.475. The normalized spacial score (nSPS) is 19.7. The van der Waals surface area contributed by atoms with Crippen LogP contribution in [0.5, 0.6) is 0 Å². The molecule has 3 heteroatoms. The minimum absolute atomic E-state index is 0.301. The Bertz CT molecular complexity index is 372. The molecule has 1 aromatic rings. The molecule has 0 atom stereocenters. The Labute approximate surface area is 101 Å². The van der Waals surface area contributed by atoms with Gasteiger partial charge in [-0.25, -0.2) is 4.39 Å². The van der Waals surface area contributed by atoms with Gasteiger partial charge in [-0.1, -0.05) is 43.0 Å². The van der Waals surface area contributed by atoms with E-state index in [2.05, 4.69) is 0 Å². The van der Waals surface area contributed by atoms with Gasteiger partial charge in [-0.3, -0.25) is 0 Å². The summed E-state index contributed by atoms with van der Waals surface area (Å²) in [4.78, 5) is 0.